The Morgan fingerprint density at radius 1 is 0.895 bits per heavy atom. The van der Waals surface area contributed by atoms with Crippen LogP contribution in [0, 0.1) is 12.8 Å². The summed E-state index contributed by atoms with van der Waals surface area (Å²) in [5, 5.41) is 2.69. The molecule has 0 atom stereocenters. The van der Waals surface area contributed by atoms with Gasteiger partial charge in [0.25, 0.3) is 15.9 Å². The van der Waals surface area contributed by atoms with Crippen molar-refractivity contribution in [1.29, 1.82) is 0 Å². The van der Waals surface area contributed by atoms with Gasteiger partial charge in [-0.15, -0.1) is 0 Å². The summed E-state index contributed by atoms with van der Waals surface area (Å²) >= 11 is 0. The minimum Gasteiger partial charge on any atom is -0.496 e. The number of amides is 1. The molecule has 9 nitrogen and oxygen atoms in total. The molecule has 3 aromatic carbocycles. The highest BCUT2D eigenvalue weighted by Gasteiger charge is 2.29. The van der Waals surface area contributed by atoms with Crippen LogP contribution in [0.3, 0.4) is 0 Å². The second-order valence-corrected chi connectivity index (χ2v) is 13.0. The van der Waals surface area contributed by atoms with Gasteiger partial charge >= 0.3 is 0 Å². The lowest BCUT2D eigenvalue weighted by Crippen LogP contribution is -2.37. The number of anilines is 2. The van der Waals surface area contributed by atoms with Gasteiger partial charge in [0, 0.05) is 24.5 Å². The first-order valence-corrected chi connectivity index (χ1v) is 15.1. The average Bonchev–Trinajstić information content (AvgIpc) is 2.88. The number of rotatable bonds is 8. The smallest absolute Gasteiger partial charge is 0.261 e. The van der Waals surface area contributed by atoms with E-state index >= 15 is 0 Å². The molecule has 1 aliphatic heterocycles. The van der Waals surface area contributed by atoms with Gasteiger partial charge in [-0.3, -0.25) is 9.52 Å². The minimum absolute atomic E-state index is 0.0154. The fourth-order valence-corrected chi connectivity index (χ4v) is 6.78. The fourth-order valence-electron chi connectivity index (χ4n) is 4.24. The van der Waals surface area contributed by atoms with Gasteiger partial charge in [-0.2, -0.15) is 4.31 Å². The van der Waals surface area contributed by atoms with Crippen LogP contribution < -0.4 is 14.8 Å². The maximum Gasteiger partial charge on any atom is 0.261 e. The zero-order chi connectivity index (χ0) is 27.5. The van der Waals surface area contributed by atoms with Crippen LogP contribution in [-0.4, -0.2) is 47.2 Å². The molecule has 2 N–H and O–H groups in total. The molecule has 0 aliphatic carbocycles. The van der Waals surface area contributed by atoms with Crippen molar-refractivity contribution in [2.24, 2.45) is 5.92 Å². The van der Waals surface area contributed by atoms with E-state index in [0.717, 1.165) is 18.4 Å². The molecule has 0 radical (unpaired) electrons. The molecular weight excluding hydrogens is 526 g/mol. The molecule has 11 heteroatoms. The maximum atomic E-state index is 13.2. The zero-order valence-electron chi connectivity index (χ0n) is 21.5. The van der Waals surface area contributed by atoms with Crippen LogP contribution in [0.1, 0.15) is 35.7 Å². The molecular formula is C27H31N3O6S2. The molecule has 0 spiro atoms. The Bertz CT molecular complexity index is 1530. The molecule has 1 saturated heterocycles. The second-order valence-electron chi connectivity index (χ2n) is 9.40. The number of carbonyl (C=O) groups excluding carboxylic acids is 1. The fraction of sp³-hybridized carbons (Fsp3) is 0.296. The molecule has 0 unspecified atom stereocenters. The maximum absolute atomic E-state index is 13.2. The van der Waals surface area contributed by atoms with E-state index in [-0.39, 0.29) is 21.1 Å². The van der Waals surface area contributed by atoms with Crippen LogP contribution in [0.2, 0.25) is 0 Å². The number of nitrogens with one attached hydrogen (secondary N) is 2. The standard InChI is InChI=1S/C27H31N3O6S2/c1-19-13-15-30(16-14-19)38(34,35)24-11-12-26(36-3)25(18-24)27(31)28-21-7-9-23(10-8-21)37(32,33)29-22-6-4-5-20(2)17-22/h4-12,17-19,29H,13-16H2,1-3H3,(H,28,31). The van der Waals surface area contributed by atoms with Crippen molar-refractivity contribution < 1.29 is 26.4 Å². The first-order chi connectivity index (χ1) is 18.0. The molecule has 38 heavy (non-hydrogen) atoms. The van der Waals surface area contributed by atoms with Gasteiger partial charge in [0.1, 0.15) is 5.75 Å². The van der Waals surface area contributed by atoms with Gasteiger partial charge in [-0.1, -0.05) is 19.1 Å². The van der Waals surface area contributed by atoms with Crippen LogP contribution in [0.25, 0.3) is 0 Å². The quantitative estimate of drug-likeness (QED) is 0.421. The van der Waals surface area contributed by atoms with E-state index in [1.54, 1.807) is 18.2 Å². The molecule has 1 aliphatic rings. The van der Waals surface area contributed by atoms with Crippen LogP contribution in [-0.2, 0) is 20.0 Å². The summed E-state index contributed by atoms with van der Waals surface area (Å²) in [4.78, 5) is 13.2. The van der Waals surface area contributed by atoms with E-state index in [1.807, 2.05) is 13.0 Å². The van der Waals surface area contributed by atoms with E-state index in [1.165, 1.54) is 53.9 Å². The zero-order valence-corrected chi connectivity index (χ0v) is 23.1. The van der Waals surface area contributed by atoms with Crippen molar-refractivity contribution in [3.05, 3.63) is 77.9 Å². The van der Waals surface area contributed by atoms with Gasteiger partial charge in [0.2, 0.25) is 10.0 Å². The van der Waals surface area contributed by atoms with Gasteiger partial charge in [0.15, 0.2) is 0 Å². The average molecular weight is 558 g/mol. The molecule has 3 aromatic rings. The molecule has 0 aromatic heterocycles. The number of benzene rings is 3. The Hall–Kier alpha value is -3.41. The molecule has 202 valence electrons. The first-order valence-electron chi connectivity index (χ1n) is 12.2. The van der Waals surface area contributed by atoms with Crippen molar-refractivity contribution in [3.8, 4) is 5.75 Å². The molecule has 1 amide bonds. The summed E-state index contributed by atoms with van der Waals surface area (Å²) in [6.45, 7) is 4.84. The van der Waals surface area contributed by atoms with Gasteiger partial charge in [0.05, 0.1) is 22.5 Å². The third kappa shape index (κ3) is 6.17. The minimum atomic E-state index is -3.83. The van der Waals surface area contributed by atoms with Crippen molar-refractivity contribution in [2.75, 3.05) is 30.2 Å². The number of methoxy groups -OCH3 is 1. The number of hydrogen-bond acceptors (Lipinski definition) is 6. The van der Waals surface area contributed by atoms with Crippen LogP contribution in [0.15, 0.2) is 76.5 Å². The Balaban J connectivity index is 1.52. The Morgan fingerprint density at radius 2 is 1.55 bits per heavy atom. The van der Waals surface area contributed by atoms with Crippen LogP contribution in [0.4, 0.5) is 11.4 Å². The number of ether oxygens (including phenoxy) is 1. The number of piperidine rings is 1. The van der Waals surface area contributed by atoms with Crippen LogP contribution >= 0.6 is 0 Å². The topological polar surface area (TPSA) is 122 Å². The molecule has 1 fully saturated rings. The lowest BCUT2D eigenvalue weighted by atomic mass is 10.0. The van der Waals surface area contributed by atoms with Crippen molar-refractivity contribution in [2.45, 2.75) is 36.5 Å². The van der Waals surface area contributed by atoms with Gasteiger partial charge in [-0.25, -0.2) is 16.8 Å². The Labute approximate surface area is 223 Å². The summed E-state index contributed by atoms with van der Waals surface area (Å²) in [5.74, 6) is 0.105. The van der Waals surface area contributed by atoms with Crippen LogP contribution in [0.5, 0.6) is 5.75 Å². The van der Waals surface area contributed by atoms with Crippen molar-refractivity contribution in [1.82, 2.24) is 4.31 Å². The first kappa shape index (κ1) is 27.6. The summed E-state index contributed by atoms with van der Waals surface area (Å²) in [6, 6.07) is 16.9. The highest BCUT2D eigenvalue weighted by Crippen LogP contribution is 2.28. The summed E-state index contributed by atoms with van der Waals surface area (Å²) < 4.78 is 61.2. The number of nitrogens with zero attached hydrogens (tertiary/aromatic N) is 1. The lowest BCUT2D eigenvalue weighted by molar-refractivity contribution is 0.102. The molecule has 4 rings (SSSR count). The normalized spacial score (nSPS) is 15.1. The predicted molar refractivity (Wildman–Crippen MR) is 147 cm³/mol. The number of sulfonamides is 2. The third-order valence-corrected chi connectivity index (χ3v) is 9.78. The number of hydrogen-bond donors (Lipinski definition) is 2. The van der Waals surface area contributed by atoms with Gasteiger partial charge in [-0.05, 0) is 85.8 Å². The van der Waals surface area contributed by atoms with Crippen molar-refractivity contribution in [3.63, 3.8) is 0 Å². The number of aryl methyl sites for hydroxylation is 1. The summed E-state index contributed by atoms with van der Waals surface area (Å²) in [5.41, 5.74) is 1.76. The van der Waals surface area contributed by atoms with E-state index in [4.69, 9.17) is 4.74 Å². The monoisotopic (exact) mass is 557 g/mol. The number of carbonyl (C=O) groups is 1. The predicted octanol–water partition coefficient (Wildman–Crippen LogP) is 4.48. The summed E-state index contributed by atoms with van der Waals surface area (Å²) in [7, 11) is -6.20. The lowest BCUT2D eigenvalue weighted by Gasteiger charge is -2.29. The third-order valence-electron chi connectivity index (χ3n) is 6.49. The second kappa shape index (κ2) is 11.1. The van der Waals surface area contributed by atoms with E-state index in [0.29, 0.717) is 30.4 Å². The summed E-state index contributed by atoms with van der Waals surface area (Å²) in [6.07, 6.45) is 1.57. The molecule has 0 bridgehead atoms. The SMILES string of the molecule is COc1ccc(S(=O)(=O)N2CCC(C)CC2)cc1C(=O)Nc1ccc(S(=O)(=O)Nc2cccc(C)c2)cc1. The van der Waals surface area contributed by atoms with E-state index in [9.17, 15) is 21.6 Å². The largest absolute Gasteiger partial charge is 0.496 e. The molecule has 0 saturated carbocycles. The van der Waals surface area contributed by atoms with Gasteiger partial charge < -0.3 is 10.1 Å². The molecule has 1 heterocycles. The Kier molecular flexibility index (Phi) is 8.10. The Morgan fingerprint density at radius 3 is 2.18 bits per heavy atom. The van der Waals surface area contributed by atoms with E-state index < -0.39 is 26.0 Å². The van der Waals surface area contributed by atoms with E-state index in [2.05, 4.69) is 17.0 Å². The highest BCUT2D eigenvalue weighted by molar-refractivity contribution is 7.92. The van der Waals surface area contributed by atoms with Crippen molar-refractivity contribution >= 4 is 37.3 Å². The highest BCUT2D eigenvalue weighted by atomic mass is 32.2.